The summed E-state index contributed by atoms with van der Waals surface area (Å²) in [4.78, 5) is 25.9. The number of amides is 2. The maximum absolute atomic E-state index is 13.2. The predicted molar refractivity (Wildman–Crippen MR) is 102 cm³/mol. The molecule has 0 saturated carbocycles. The summed E-state index contributed by atoms with van der Waals surface area (Å²) in [5.74, 6) is -1.13. The predicted octanol–water partition coefficient (Wildman–Crippen LogP) is 2.95. The Morgan fingerprint density at radius 1 is 1.15 bits per heavy atom. The Balaban J connectivity index is 1.71. The Morgan fingerprint density at radius 2 is 1.88 bits per heavy atom. The van der Waals surface area contributed by atoms with Gasteiger partial charge in [-0.05, 0) is 42.3 Å². The third kappa shape index (κ3) is 2.96. The number of benzene rings is 2. The molecular formula is C19H17Cl2N3O2. The normalized spacial score (nSPS) is 25.0. The van der Waals surface area contributed by atoms with Crippen molar-refractivity contribution in [2.75, 3.05) is 11.9 Å². The number of fused-ring (bicyclic) bond motifs is 1. The standard InChI is InChI=1S/C19H17Cl2N3O2/c20-12-4-1-3-11(9-12)16(19-15(24-19)7-8-22-18(19)26)17(25)23-14-6-2-5-13(21)10-14/h1-6,9-10,15-16,24H,7-8H2,(H,22,26)(H,23,25)/t15-,16-,19-/m1/s1. The van der Waals surface area contributed by atoms with Gasteiger partial charge in [0.2, 0.25) is 11.8 Å². The summed E-state index contributed by atoms with van der Waals surface area (Å²) in [6.07, 6.45) is 0.785. The first kappa shape index (κ1) is 17.3. The van der Waals surface area contributed by atoms with E-state index < -0.39 is 11.5 Å². The Kier molecular flexibility index (Phi) is 4.39. The van der Waals surface area contributed by atoms with E-state index in [-0.39, 0.29) is 17.9 Å². The molecule has 5 nitrogen and oxygen atoms in total. The summed E-state index contributed by atoms with van der Waals surface area (Å²) in [5, 5.41) is 10.1. The molecule has 2 aliphatic rings. The van der Waals surface area contributed by atoms with Gasteiger partial charge >= 0.3 is 0 Å². The van der Waals surface area contributed by atoms with E-state index in [1.54, 1.807) is 42.5 Å². The molecule has 0 radical (unpaired) electrons. The zero-order valence-corrected chi connectivity index (χ0v) is 15.3. The van der Waals surface area contributed by atoms with Gasteiger partial charge in [-0.3, -0.25) is 14.9 Å². The van der Waals surface area contributed by atoms with E-state index in [4.69, 9.17) is 23.2 Å². The molecular weight excluding hydrogens is 373 g/mol. The van der Waals surface area contributed by atoms with Gasteiger partial charge < -0.3 is 10.6 Å². The van der Waals surface area contributed by atoms with Gasteiger partial charge in [-0.2, -0.15) is 0 Å². The fourth-order valence-corrected chi connectivity index (χ4v) is 4.14. The number of anilines is 1. The molecule has 2 amide bonds. The molecule has 0 bridgehead atoms. The van der Waals surface area contributed by atoms with Crippen molar-refractivity contribution in [2.45, 2.75) is 23.9 Å². The van der Waals surface area contributed by atoms with Crippen molar-refractivity contribution in [3.63, 3.8) is 0 Å². The van der Waals surface area contributed by atoms with E-state index in [1.165, 1.54) is 0 Å². The smallest absolute Gasteiger partial charge is 0.243 e. The summed E-state index contributed by atoms with van der Waals surface area (Å²) < 4.78 is 0. The molecule has 26 heavy (non-hydrogen) atoms. The van der Waals surface area contributed by atoms with Crippen LogP contribution in [0.2, 0.25) is 10.0 Å². The lowest BCUT2D eigenvalue weighted by Gasteiger charge is -2.28. The molecule has 0 spiro atoms. The Labute approximate surface area is 161 Å². The summed E-state index contributed by atoms with van der Waals surface area (Å²) in [7, 11) is 0. The molecule has 0 unspecified atom stereocenters. The van der Waals surface area contributed by atoms with Gasteiger partial charge in [0.1, 0.15) is 5.54 Å². The second-order valence-corrected chi connectivity index (χ2v) is 7.47. The second-order valence-electron chi connectivity index (χ2n) is 6.60. The fraction of sp³-hybridized carbons (Fsp3) is 0.263. The van der Waals surface area contributed by atoms with Crippen LogP contribution in [0.1, 0.15) is 17.9 Å². The first-order chi connectivity index (χ1) is 12.5. The van der Waals surface area contributed by atoms with E-state index in [9.17, 15) is 9.59 Å². The van der Waals surface area contributed by atoms with E-state index >= 15 is 0 Å². The largest absolute Gasteiger partial charge is 0.354 e. The number of hydrogen-bond acceptors (Lipinski definition) is 3. The van der Waals surface area contributed by atoms with Crippen molar-refractivity contribution in [1.29, 1.82) is 0 Å². The first-order valence-electron chi connectivity index (χ1n) is 8.38. The number of nitrogens with one attached hydrogen (secondary N) is 3. The van der Waals surface area contributed by atoms with Crippen LogP contribution in [0.15, 0.2) is 48.5 Å². The van der Waals surface area contributed by atoms with Crippen molar-refractivity contribution in [2.24, 2.45) is 0 Å². The lowest BCUT2D eigenvalue weighted by atomic mass is 9.79. The number of halogens is 2. The van der Waals surface area contributed by atoms with Crippen LogP contribution in [0.25, 0.3) is 0 Å². The number of carbonyl (C=O) groups is 2. The van der Waals surface area contributed by atoms with Gasteiger partial charge in [0.15, 0.2) is 0 Å². The van der Waals surface area contributed by atoms with Gasteiger partial charge in [-0.25, -0.2) is 0 Å². The number of hydrogen-bond donors (Lipinski definition) is 3. The Morgan fingerprint density at radius 3 is 2.58 bits per heavy atom. The molecule has 2 aliphatic heterocycles. The minimum absolute atomic E-state index is 0.0228. The van der Waals surface area contributed by atoms with Gasteiger partial charge in [-0.15, -0.1) is 0 Å². The van der Waals surface area contributed by atoms with Crippen molar-refractivity contribution >= 4 is 40.7 Å². The van der Waals surface area contributed by atoms with Gasteiger partial charge in [-0.1, -0.05) is 41.4 Å². The number of piperidine rings is 1. The fourth-order valence-electron chi connectivity index (χ4n) is 3.75. The third-order valence-electron chi connectivity index (χ3n) is 4.97. The summed E-state index contributed by atoms with van der Waals surface area (Å²) in [5.41, 5.74) is 0.342. The zero-order chi connectivity index (χ0) is 18.3. The Bertz CT molecular complexity index is 889. The molecule has 2 fully saturated rings. The Hall–Kier alpha value is -2.08. The van der Waals surface area contributed by atoms with Crippen molar-refractivity contribution in [3.8, 4) is 0 Å². The maximum Gasteiger partial charge on any atom is 0.243 e. The minimum atomic E-state index is -0.939. The highest BCUT2D eigenvalue weighted by molar-refractivity contribution is 6.31. The lowest BCUT2D eigenvalue weighted by molar-refractivity contribution is -0.129. The summed E-state index contributed by atoms with van der Waals surface area (Å²) in [6.45, 7) is 0.608. The van der Waals surface area contributed by atoms with E-state index in [1.807, 2.05) is 6.07 Å². The van der Waals surface area contributed by atoms with E-state index in [0.717, 1.165) is 6.42 Å². The van der Waals surface area contributed by atoms with Crippen molar-refractivity contribution in [1.82, 2.24) is 10.6 Å². The minimum Gasteiger partial charge on any atom is -0.354 e. The lowest BCUT2D eigenvalue weighted by Crippen LogP contribution is -2.51. The molecule has 3 atom stereocenters. The molecule has 0 aromatic heterocycles. The highest BCUT2D eigenvalue weighted by Gasteiger charge is 2.67. The summed E-state index contributed by atoms with van der Waals surface area (Å²) >= 11 is 12.1. The molecule has 2 saturated heterocycles. The van der Waals surface area contributed by atoms with Crippen LogP contribution < -0.4 is 16.0 Å². The monoisotopic (exact) mass is 389 g/mol. The number of carbonyl (C=O) groups excluding carboxylic acids is 2. The van der Waals surface area contributed by atoms with Crippen LogP contribution in [0, 0.1) is 0 Å². The topological polar surface area (TPSA) is 80.1 Å². The molecule has 2 aromatic carbocycles. The van der Waals surface area contributed by atoms with Crippen LogP contribution in [-0.4, -0.2) is 29.9 Å². The van der Waals surface area contributed by atoms with Crippen LogP contribution in [-0.2, 0) is 9.59 Å². The quantitative estimate of drug-likeness (QED) is 0.703. The molecule has 4 rings (SSSR count). The zero-order valence-electron chi connectivity index (χ0n) is 13.8. The van der Waals surface area contributed by atoms with Crippen LogP contribution in [0.4, 0.5) is 5.69 Å². The van der Waals surface area contributed by atoms with E-state index in [0.29, 0.717) is 27.8 Å². The van der Waals surface area contributed by atoms with Crippen LogP contribution >= 0.6 is 23.2 Å². The van der Waals surface area contributed by atoms with Gasteiger partial charge in [0.05, 0.1) is 5.92 Å². The van der Waals surface area contributed by atoms with Crippen molar-refractivity contribution in [3.05, 3.63) is 64.1 Å². The third-order valence-corrected chi connectivity index (χ3v) is 5.44. The second kappa shape index (κ2) is 6.58. The van der Waals surface area contributed by atoms with Crippen LogP contribution in [0.3, 0.4) is 0 Å². The average Bonchev–Trinajstić information content (AvgIpc) is 3.32. The maximum atomic E-state index is 13.2. The van der Waals surface area contributed by atoms with Gasteiger partial charge in [0.25, 0.3) is 0 Å². The molecule has 7 heteroatoms. The highest BCUT2D eigenvalue weighted by atomic mass is 35.5. The van der Waals surface area contributed by atoms with Crippen LogP contribution in [0.5, 0.6) is 0 Å². The SMILES string of the molecule is O=C(Nc1cccc(Cl)c1)[C@@H](c1cccc(Cl)c1)[C@]12N[C@@H]1CCNC2=O. The van der Waals surface area contributed by atoms with E-state index in [2.05, 4.69) is 16.0 Å². The molecule has 134 valence electrons. The average molecular weight is 390 g/mol. The highest BCUT2D eigenvalue weighted by Crippen LogP contribution is 2.45. The van der Waals surface area contributed by atoms with Crippen molar-refractivity contribution < 1.29 is 9.59 Å². The molecule has 2 aromatic rings. The molecule has 2 heterocycles. The molecule has 0 aliphatic carbocycles. The number of rotatable bonds is 4. The first-order valence-corrected chi connectivity index (χ1v) is 9.14. The summed E-state index contributed by atoms with van der Waals surface area (Å²) in [6, 6.07) is 14.0. The molecule has 3 N–H and O–H groups in total. The van der Waals surface area contributed by atoms with Gasteiger partial charge in [0, 0.05) is 28.3 Å².